The van der Waals surface area contributed by atoms with E-state index in [0.29, 0.717) is 0 Å². The second-order valence-electron chi connectivity index (χ2n) is 5.44. The number of hydrogen-bond acceptors (Lipinski definition) is 1. The van der Waals surface area contributed by atoms with E-state index >= 15 is 0 Å². The van der Waals surface area contributed by atoms with Crippen molar-refractivity contribution in [1.29, 1.82) is 0 Å². The van der Waals surface area contributed by atoms with E-state index in [-0.39, 0.29) is 10.2 Å². The Morgan fingerprint density at radius 1 is 1.29 bits per heavy atom. The van der Waals surface area contributed by atoms with Gasteiger partial charge in [-0.3, -0.25) is 0 Å². The Morgan fingerprint density at radius 3 is 2.59 bits per heavy atom. The minimum atomic E-state index is 0.185. The molecule has 0 fully saturated rings. The molecule has 17 heavy (non-hydrogen) atoms. The first-order chi connectivity index (χ1) is 8.04. The lowest BCUT2D eigenvalue weighted by atomic mass is 9.67. The van der Waals surface area contributed by atoms with E-state index in [2.05, 4.69) is 63.5 Å². The summed E-state index contributed by atoms with van der Waals surface area (Å²) in [5.74, 6) is 0. The van der Waals surface area contributed by atoms with Crippen LogP contribution < -0.4 is 0 Å². The topological polar surface area (TPSA) is 0 Å². The minimum Gasteiger partial charge on any atom is -0.153 e. The van der Waals surface area contributed by atoms with Crippen molar-refractivity contribution in [2.24, 2.45) is 5.41 Å². The SMILES string of the molecule is CSC1(C(C)(C)C2=CCC=C2)CC=CC=C1C. The molecule has 0 radical (unpaired) electrons. The Bertz CT molecular complexity index is 421. The van der Waals surface area contributed by atoms with Crippen LogP contribution >= 0.6 is 11.8 Å². The minimum absolute atomic E-state index is 0.185. The summed E-state index contributed by atoms with van der Waals surface area (Å²) in [4.78, 5) is 0. The highest BCUT2D eigenvalue weighted by molar-refractivity contribution is 8.00. The molecule has 0 aromatic carbocycles. The lowest BCUT2D eigenvalue weighted by Crippen LogP contribution is -2.44. The maximum Gasteiger partial charge on any atom is 0.0491 e. The highest BCUT2D eigenvalue weighted by Gasteiger charge is 2.47. The van der Waals surface area contributed by atoms with Crippen molar-refractivity contribution in [2.45, 2.75) is 38.4 Å². The van der Waals surface area contributed by atoms with Crippen LogP contribution in [0.2, 0.25) is 0 Å². The second kappa shape index (κ2) is 4.53. The summed E-state index contributed by atoms with van der Waals surface area (Å²) in [6, 6.07) is 0. The molecule has 0 aliphatic heterocycles. The molecule has 0 N–H and O–H groups in total. The van der Waals surface area contributed by atoms with Gasteiger partial charge in [-0.25, -0.2) is 0 Å². The lowest BCUT2D eigenvalue weighted by Gasteiger charge is -2.48. The Hall–Kier alpha value is -0.690. The molecule has 0 spiro atoms. The van der Waals surface area contributed by atoms with Crippen molar-refractivity contribution >= 4 is 11.8 Å². The monoisotopic (exact) mass is 246 g/mol. The van der Waals surface area contributed by atoms with Crippen LogP contribution in [0.3, 0.4) is 0 Å². The van der Waals surface area contributed by atoms with Crippen LogP contribution in [0.4, 0.5) is 0 Å². The molecule has 0 saturated carbocycles. The van der Waals surface area contributed by atoms with E-state index in [1.54, 1.807) is 0 Å². The smallest absolute Gasteiger partial charge is 0.0491 e. The summed E-state index contributed by atoms with van der Waals surface area (Å²) in [5.41, 5.74) is 3.18. The fourth-order valence-electron chi connectivity index (χ4n) is 3.14. The average molecular weight is 246 g/mol. The van der Waals surface area contributed by atoms with Crippen molar-refractivity contribution in [3.8, 4) is 0 Å². The summed E-state index contributed by atoms with van der Waals surface area (Å²) in [6.07, 6.45) is 18.2. The largest absolute Gasteiger partial charge is 0.153 e. The van der Waals surface area contributed by atoms with E-state index in [1.165, 1.54) is 11.1 Å². The molecule has 2 aliphatic rings. The molecule has 1 heteroatoms. The fourth-order valence-corrected chi connectivity index (χ4v) is 4.43. The summed E-state index contributed by atoms with van der Waals surface area (Å²) >= 11 is 2.00. The fraction of sp³-hybridized carbons (Fsp3) is 0.500. The molecular formula is C16H22S. The molecule has 92 valence electrons. The van der Waals surface area contributed by atoms with Crippen molar-refractivity contribution in [2.75, 3.05) is 6.26 Å². The first kappa shape index (κ1) is 12.8. The summed E-state index contributed by atoms with van der Waals surface area (Å²) in [7, 11) is 0. The van der Waals surface area contributed by atoms with E-state index in [9.17, 15) is 0 Å². The zero-order chi connectivity index (χ0) is 12.5. The standard InChI is InChI=1S/C16H22S/c1-13-9-7-8-12-16(13,17-4)15(2,3)14-10-5-6-11-14/h5,7-11H,6,12H2,1-4H3. The van der Waals surface area contributed by atoms with Gasteiger partial charge in [0, 0.05) is 10.2 Å². The van der Waals surface area contributed by atoms with Gasteiger partial charge in [0.1, 0.15) is 0 Å². The van der Waals surface area contributed by atoms with Crippen molar-refractivity contribution < 1.29 is 0 Å². The molecule has 0 aromatic rings. The molecule has 1 atom stereocenters. The van der Waals surface area contributed by atoms with Crippen LogP contribution in [0, 0.1) is 5.41 Å². The summed E-state index contributed by atoms with van der Waals surface area (Å²) in [6.45, 7) is 7.06. The van der Waals surface area contributed by atoms with Gasteiger partial charge in [0.2, 0.25) is 0 Å². The predicted molar refractivity (Wildman–Crippen MR) is 79.4 cm³/mol. The third kappa shape index (κ3) is 1.85. The molecule has 0 amide bonds. The first-order valence-corrected chi connectivity index (χ1v) is 7.53. The van der Waals surface area contributed by atoms with Crippen LogP contribution in [0.1, 0.15) is 33.6 Å². The Labute approximate surface area is 110 Å². The van der Waals surface area contributed by atoms with Gasteiger partial charge in [-0.2, -0.15) is 11.8 Å². The van der Waals surface area contributed by atoms with E-state index in [4.69, 9.17) is 0 Å². The van der Waals surface area contributed by atoms with E-state index in [0.717, 1.165) is 12.8 Å². The number of rotatable bonds is 3. The van der Waals surface area contributed by atoms with Crippen LogP contribution in [0.5, 0.6) is 0 Å². The molecule has 0 bridgehead atoms. The van der Waals surface area contributed by atoms with Crippen LogP contribution in [0.15, 0.2) is 47.6 Å². The summed E-state index contributed by atoms with van der Waals surface area (Å²) in [5, 5.41) is 0. The van der Waals surface area contributed by atoms with Crippen molar-refractivity contribution in [3.05, 3.63) is 47.6 Å². The van der Waals surface area contributed by atoms with Gasteiger partial charge in [0.25, 0.3) is 0 Å². The van der Waals surface area contributed by atoms with Gasteiger partial charge < -0.3 is 0 Å². The number of allylic oxidation sites excluding steroid dienone is 7. The Balaban J connectivity index is 2.45. The normalized spacial score (nSPS) is 28.2. The van der Waals surface area contributed by atoms with Gasteiger partial charge in [-0.1, -0.05) is 55.9 Å². The molecule has 0 aromatic heterocycles. The third-order valence-corrected chi connectivity index (χ3v) is 6.07. The summed E-state index contributed by atoms with van der Waals surface area (Å²) < 4.78 is 0.211. The molecule has 2 aliphatic carbocycles. The Morgan fingerprint density at radius 2 is 2.06 bits per heavy atom. The van der Waals surface area contributed by atoms with Gasteiger partial charge in [0.15, 0.2) is 0 Å². The van der Waals surface area contributed by atoms with Crippen molar-refractivity contribution in [1.82, 2.24) is 0 Å². The maximum absolute atomic E-state index is 2.39. The van der Waals surface area contributed by atoms with E-state index < -0.39 is 0 Å². The van der Waals surface area contributed by atoms with Crippen LogP contribution in [0.25, 0.3) is 0 Å². The zero-order valence-corrected chi connectivity index (χ0v) is 12.1. The van der Waals surface area contributed by atoms with Gasteiger partial charge in [-0.05, 0) is 31.6 Å². The van der Waals surface area contributed by atoms with Gasteiger partial charge in [0.05, 0.1) is 0 Å². The van der Waals surface area contributed by atoms with Gasteiger partial charge in [-0.15, -0.1) is 0 Å². The van der Waals surface area contributed by atoms with Crippen LogP contribution in [-0.4, -0.2) is 11.0 Å². The molecule has 0 heterocycles. The molecule has 0 nitrogen and oxygen atoms in total. The first-order valence-electron chi connectivity index (χ1n) is 6.31. The molecule has 0 saturated heterocycles. The quantitative estimate of drug-likeness (QED) is 0.682. The van der Waals surface area contributed by atoms with Crippen molar-refractivity contribution in [3.63, 3.8) is 0 Å². The lowest BCUT2D eigenvalue weighted by molar-refractivity contribution is 0.350. The van der Waals surface area contributed by atoms with Gasteiger partial charge >= 0.3 is 0 Å². The second-order valence-corrected chi connectivity index (χ2v) is 6.54. The third-order valence-electron chi connectivity index (χ3n) is 4.38. The van der Waals surface area contributed by atoms with Crippen LogP contribution in [-0.2, 0) is 0 Å². The molecule has 1 unspecified atom stereocenters. The average Bonchev–Trinajstić information content (AvgIpc) is 2.83. The predicted octanol–water partition coefficient (Wildman–Crippen LogP) is 4.91. The van der Waals surface area contributed by atoms with E-state index in [1.807, 2.05) is 11.8 Å². The number of thioether (sulfide) groups is 1. The zero-order valence-electron chi connectivity index (χ0n) is 11.3. The maximum atomic E-state index is 2.39. The number of hydrogen-bond donors (Lipinski definition) is 0. The molecular weight excluding hydrogens is 224 g/mol. The highest BCUT2D eigenvalue weighted by atomic mass is 32.2. The Kier molecular flexibility index (Phi) is 3.40. The molecule has 2 rings (SSSR count). The highest BCUT2D eigenvalue weighted by Crippen LogP contribution is 2.54.